The summed E-state index contributed by atoms with van der Waals surface area (Å²) in [5.74, 6) is 0.0652. The average Bonchev–Trinajstić information content (AvgIpc) is 2.32. The summed E-state index contributed by atoms with van der Waals surface area (Å²) in [5, 5.41) is 3.06. The van der Waals surface area contributed by atoms with Crippen molar-refractivity contribution in [1.29, 1.82) is 0 Å². The molecule has 3 nitrogen and oxygen atoms in total. The highest BCUT2D eigenvalue weighted by atomic mass is 79.9. The quantitative estimate of drug-likeness (QED) is 0.900. The lowest BCUT2D eigenvalue weighted by molar-refractivity contribution is -0.121. The fourth-order valence-corrected chi connectivity index (χ4v) is 2.88. The molecule has 3 N–H and O–H groups in total. The third kappa shape index (κ3) is 3.82. The number of nitrogens with one attached hydrogen (secondary N) is 1. The van der Waals surface area contributed by atoms with Crippen LogP contribution in [0.2, 0.25) is 0 Å². The molecule has 1 saturated carbocycles. The van der Waals surface area contributed by atoms with E-state index in [2.05, 4.69) is 21.2 Å². The van der Waals surface area contributed by atoms with Gasteiger partial charge >= 0.3 is 0 Å². The number of halogens is 1. The van der Waals surface area contributed by atoms with Gasteiger partial charge in [0.25, 0.3) is 0 Å². The third-order valence-corrected chi connectivity index (χ3v) is 3.91. The van der Waals surface area contributed by atoms with Crippen molar-refractivity contribution in [2.75, 3.05) is 0 Å². The first-order valence-electron chi connectivity index (χ1n) is 6.44. The summed E-state index contributed by atoms with van der Waals surface area (Å²) >= 11 is 3.41. The Hall–Kier alpha value is -0.870. The largest absolute Gasteiger partial charge is 0.352 e. The van der Waals surface area contributed by atoms with E-state index in [0.29, 0.717) is 6.42 Å². The number of hydrogen-bond acceptors (Lipinski definition) is 2. The average molecular weight is 311 g/mol. The first kappa shape index (κ1) is 13.6. The van der Waals surface area contributed by atoms with Crippen molar-refractivity contribution in [3.05, 3.63) is 34.3 Å². The van der Waals surface area contributed by atoms with Gasteiger partial charge in [-0.3, -0.25) is 4.79 Å². The highest BCUT2D eigenvalue weighted by molar-refractivity contribution is 9.10. The highest BCUT2D eigenvalue weighted by Gasteiger charge is 2.23. The molecule has 0 radical (unpaired) electrons. The summed E-state index contributed by atoms with van der Waals surface area (Å²) < 4.78 is 1.00. The number of nitrogens with two attached hydrogens (primary N) is 1. The number of carbonyl (C=O) groups is 1. The predicted octanol–water partition coefficient (Wildman–Crippen LogP) is 2.38. The van der Waals surface area contributed by atoms with Crippen molar-refractivity contribution in [2.45, 2.75) is 44.2 Å². The zero-order valence-corrected chi connectivity index (χ0v) is 11.9. The molecule has 2 rings (SSSR count). The van der Waals surface area contributed by atoms with E-state index in [1.54, 1.807) is 0 Å². The maximum absolute atomic E-state index is 12.0. The van der Waals surface area contributed by atoms with Crippen molar-refractivity contribution in [2.24, 2.45) is 5.73 Å². The molecule has 0 bridgehead atoms. The van der Waals surface area contributed by atoms with Crippen molar-refractivity contribution in [3.63, 3.8) is 0 Å². The van der Waals surface area contributed by atoms with Crippen LogP contribution in [-0.4, -0.2) is 18.0 Å². The van der Waals surface area contributed by atoms with Crippen LogP contribution in [0.1, 0.15) is 31.2 Å². The molecule has 0 aromatic heterocycles. The molecule has 1 aromatic rings. The number of benzene rings is 1. The molecule has 1 aliphatic rings. The molecule has 0 heterocycles. The van der Waals surface area contributed by atoms with Gasteiger partial charge in [0.2, 0.25) is 5.91 Å². The molecule has 2 atom stereocenters. The predicted molar refractivity (Wildman–Crippen MR) is 76.2 cm³/mol. The minimum Gasteiger partial charge on any atom is -0.352 e. The molecule has 18 heavy (non-hydrogen) atoms. The molecule has 0 aliphatic heterocycles. The Balaban J connectivity index is 1.88. The van der Waals surface area contributed by atoms with Crippen LogP contribution in [0, 0.1) is 0 Å². The van der Waals surface area contributed by atoms with Gasteiger partial charge in [0, 0.05) is 16.6 Å². The normalized spacial score (nSPS) is 23.7. The van der Waals surface area contributed by atoms with E-state index in [0.717, 1.165) is 29.3 Å². The summed E-state index contributed by atoms with van der Waals surface area (Å²) in [5.41, 5.74) is 7.04. The minimum atomic E-state index is 0.0652. The van der Waals surface area contributed by atoms with Crippen LogP contribution < -0.4 is 11.1 Å². The summed E-state index contributed by atoms with van der Waals surface area (Å²) in [6.07, 6.45) is 4.78. The second-order valence-electron chi connectivity index (χ2n) is 4.93. The Morgan fingerprint density at radius 2 is 2.17 bits per heavy atom. The minimum absolute atomic E-state index is 0.0652. The molecule has 0 spiro atoms. The van der Waals surface area contributed by atoms with Crippen LogP contribution in [-0.2, 0) is 11.2 Å². The fourth-order valence-electron chi connectivity index (χ4n) is 2.43. The number of hydrogen-bond donors (Lipinski definition) is 2. The second kappa shape index (κ2) is 6.34. The Bertz CT molecular complexity index is 422. The van der Waals surface area contributed by atoms with Crippen LogP contribution in [0.4, 0.5) is 0 Å². The van der Waals surface area contributed by atoms with Gasteiger partial charge in [0.15, 0.2) is 0 Å². The topological polar surface area (TPSA) is 55.1 Å². The van der Waals surface area contributed by atoms with Gasteiger partial charge < -0.3 is 11.1 Å². The van der Waals surface area contributed by atoms with E-state index in [1.807, 2.05) is 24.3 Å². The summed E-state index contributed by atoms with van der Waals surface area (Å²) in [6, 6.07) is 8.10. The Labute approximate surface area is 116 Å². The van der Waals surface area contributed by atoms with Gasteiger partial charge in [-0.2, -0.15) is 0 Å². The van der Waals surface area contributed by atoms with Crippen molar-refractivity contribution < 1.29 is 4.79 Å². The first-order valence-corrected chi connectivity index (χ1v) is 7.24. The van der Waals surface area contributed by atoms with Crippen LogP contribution in [0.5, 0.6) is 0 Å². The van der Waals surface area contributed by atoms with E-state index < -0.39 is 0 Å². The Morgan fingerprint density at radius 1 is 1.39 bits per heavy atom. The van der Waals surface area contributed by atoms with Crippen LogP contribution in [0.25, 0.3) is 0 Å². The fraction of sp³-hybridized carbons (Fsp3) is 0.500. The van der Waals surface area contributed by atoms with E-state index in [1.165, 1.54) is 6.42 Å². The summed E-state index contributed by atoms with van der Waals surface area (Å²) in [7, 11) is 0. The molecule has 1 aliphatic carbocycles. The van der Waals surface area contributed by atoms with Crippen molar-refractivity contribution >= 4 is 21.8 Å². The maximum atomic E-state index is 12.0. The molecule has 98 valence electrons. The molecule has 4 heteroatoms. The number of rotatable bonds is 3. The van der Waals surface area contributed by atoms with Gasteiger partial charge in [-0.1, -0.05) is 40.9 Å². The second-order valence-corrected chi connectivity index (χ2v) is 5.84. The van der Waals surface area contributed by atoms with Crippen molar-refractivity contribution in [3.8, 4) is 0 Å². The van der Waals surface area contributed by atoms with Crippen molar-refractivity contribution in [1.82, 2.24) is 5.32 Å². The number of carbonyl (C=O) groups excluding carboxylic acids is 1. The van der Waals surface area contributed by atoms with Crippen LogP contribution in [0.15, 0.2) is 28.7 Å². The van der Waals surface area contributed by atoms with Gasteiger partial charge in [0.05, 0.1) is 6.42 Å². The van der Waals surface area contributed by atoms with Gasteiger partial charge in [-0.15, -0.1) is 0 Å². The van der Waals surface area contributed by atoms with Gasteiger partial charge in [0.1, 0.15) is 0 Å². The van der Waals surface area contributed by atoms with E-state index in [-0.39, 0.29) is 18.0 Å². The third-order valence-electron chi connectivity index (χ3n) is 3.42. The summed E-state index contributed by atoms with van der Waals surface area (Å²) in [6.45, 7) is 0. The number of amides is 1. The molecule has 1 amide bonds. The lowest BCUT2D eigenvalue weighted by Crippen LogP contribution is -2.49. The Morgan fingerprint density at radius 3 is 2.89 bits per heavy atom. The van der Waals surface area contributed by atoms with E-state index in [9.17, 15) is 4.79 Å². The molecule has 1 aromatic carbocycles. The SMILES string of the molecule is NC1CCCCC1NC(=O)Cc1cccc(Br)c1. The molecule has 2 unspecified atom stereocenters. The standard InChI is InChI=1S/C14H19BrN2O/c15-11-5-3-4-10(8-11)9-14(18)17-13-7-2-1-6-12(13)16/h3-5,8,12-13H,1-2,6-7,9,16H2,(H,17,18). The van der Waals surface area contributed by atoms with Gasteiger partial charge in [-0.25, -0.2) is 0 Å². The smallest absolute Gasteiger partial charge is 0.224 e. The zero-order chi connectivity index (χ0) is 13.0. The molecular weight excluding hydrogens is 292 g/mol. The lowest BCUT2D eigenvalue weighted by Gasteiger charge is -2.29. The van der Waals surface area contributed by atoms with Gasteiger partial charge in [-0.05, 0) is 30.5 Å². The molecular formula is C14H19BrN2O. The highest BCUT2D eigenvalue weighted by Crippen LogP contribution is 2.17. The van der Waals surface area contributed by atoms with Crippen LogP contribution >= 0.6 is 15.9 Å². The maximum Gasteiger partial charge on any atom is 0.224 e. The summed E-state index contributed by atoms with van der Waals surface area (Å²) in [4.78, 5) is 12.0. The zero-order valence-electron chi connectivity index (χ0n) is 10.4. The Kier molecular flexibility index (Phi) is 4.78. The lowest BCUT2D eigenvalue weighted by atomic mass is 9.91. The molecule has 1 fully saturated rings. The molecule has 0 saturated heterocycles. The van der Waals surface area contributed by atoms with E-state index >= 15 is 0 Å². The first-order chi connectivity index (χ1) is 8.65. The van der Waals surface area contributed by atoms with Crippen LogP contribution in [0.3, 0.4) is 0 Å². The van der Waals surface area contributed by atoms with E-state index in [4.69, 9.17) is 5.73 Å². The monoisotopic (exact) mass is 310 g/mol.